The van der Waals surface area contributed by atoms with Gasteiger partial charge in [0.1, 0.15) is 5.75 Å². The van der Waals surface area contributed by atoms with Gasteiger partial charge >= 0.3 is 0 Å². The van der Waals surface area contributed by atoms with Crippen LogP contribution in [-0.4, -0.2) is 45.5 Å². The van der Waals surface area contributed by atoms with Crippen molar-refractivity contribution in [3.05, 3.63) is 59.7 Å². The molecule has 2 N–H and O–H groups in total. The molecule has 1 atom stereocenters. The van der Waals surface area contributed by atoms with E-state index in [1.165, 1.54) is 44.6 Å². The molecule has 0 aliphatic carbocycles. The fourth-order valence-electron chi connectivity index (χ4n) is 3.79. The molecular formula is C24H33N3O4S. The van der Waals surface area contributed by atoms with Crippen molar-refractivity contribution in [1.82, 2.24) is 14.9 Å². The molecule has 1 amide bonds. The van der Waals surface area contributed by atoms with E-state index in [2.05, 4.69) is 27.9 Å². The second-order valence-electron chi connectivity index (χ2n) is 8.46. The number of carbonyl (C=O) groups is 1. The number of carbonyl (C=O) groups excluding carboxylic acids is 1. The summed E-state index contributed by atoms with van der Waals surface area (Å²) in [6.07, 6.45) is 2.43. The molecule has 0 unspecified atom stereocenters. The van der Waals surface area contributed by atoms with Gasteiger partial charge in [-0.2, -0.15) is 4.72 Å². The van der Waals surface area contributed by atoms with Gasteiger partial charge in [-0.1, -0.05) is 31.2 Å². The number of methoxy groups -OCH3 is 1. The Balaban J connectivity index is 1.57. The summed E-state index contributed by atoms with van der Waals surface area (Å²) >= 11 is 0. The van der Waals surface area contributed by atoms with Gasteiger partial charge in [0.2, 0.25) is 15.9 Å². The number of amides is 1. The molecule has 2 aromatic rings. The maximum Gasteiger partial charge on any atom is 0.241 e. The molecule has 0 radical (unpaired) electrons. The van der Waals surface area contributed by atoms with E-state index in [1.807, 2.05) is 18.2 Å². The number of hydrogen-bond acceptors (Lipinski definition) is 5. The molecule has 1 saturated heterocycles. The highest BCUT2D eigenvalue weighted by atomic mass is 32.2. The second-order valence-corrected chi connectivity index (χ2v) is 10.2. The van der Waals surface area contributed by atoms with E-state index in [0.29, 0.717) is 12.3 Å². The number of sulfonamides is 1. The van der Waals surface area contributed by atoms with E-state index >= 15 is 0 Å². The molecule has 1 heterocycles. The van der Waals surface area contributed by atoms with Crippen LogP contribution in [0.1, 0.15) is 37.8 Å². The van der Waals surface area contributed by atoms with Crippen molar-refractivity contribution < 1.29 is 17.9 Å². The minimum Gasteiger partial charge on any atom is -0.497 e. The molecular weight excluding hydrogens is 426 g/mol. The Bertz CT molecular complexity index is 1000. The lowest BCUT2D eigenvalue weighted by Crippen LogP contribution is -2.44. The number of benzene rings is 2. The van der Waals surface area contributed by atoms with Crippen molar-refractivity contribution in [2.24, 2.45) is 5.92 Å². The van der Waals surface area contributed by atoms with Gasteiger partial charge in [-0.05, 0) is 74.2 Å². The van der Waals surface area contributed by atoms with Crippen molar-refractivity contribution >= 4 is 15.9 Å². The highest BCUT2D eigenvalue weighted by Crippen LogP contribution is 2.20. The van der Waals surface area contributed by atoms with Crippen LogP contribution in [0.15, 0.2) is 53.4 Å². The minimum absolute atomic E-state index is 0.0825. The third-order valence-electron chi connectivity index (χ3n) is 5.94. The van der Waals surface area contributed by atoms with E-state index in [0.717, 1.165) is 31.1 Å². The second kappa shape index (κ2) is 10.9. The lowest BCUT2D eigenvalue weighted by atomic mass is 9.98. The summed E-state index contributed by atoms with van der Waals surface area (Å²) in [6, 6.07) is 13.2. The molecule has 0 spiro atoms. The number of rotatable bonds is 9. The topological polar surface area (TPSA) is 87.7 Å². The van der Waals surface area contributed by atoms with Gasteiger partial charge in [0.05, 0.1) is 18.0 Å². The Kier molecular flexibility index (Phi) is 8.28. The van der Waals surface area contributed by atoms with Crippen LogP contribution < -0.4 is 14.8 Å². The Morgan fingerprint density at radius 1 is 1.09 bits per heavy atom. The van der Waals surface area contributed by atoms with Gasteiger partial charge in [-0.3, -0.25) is 9.69 Å². The van der Waals surface area contributed by atoms with Crippen molar-refractivity contribution in [2.45, 2.75) is 50.7 Å². The normalized spacial score (nSPS) is 16.5. The van der Waals surface area contributed by atoms with Crippen molar-refractivity contribution in [3.63, 3.8) is 0 Å². The SMILES string of the molecule is COc1ccc(S(=O)(=O)N[C@@H](C)C(=O)NCc2ccccc2CN2CCC(C)CC2)cc1. The first-order chi connectivity index (χ1) is 15.3. The first kappa shape index (κ1) is 24.2. The molecule has 0 bridgehead atoms. The van der Waals surface area contributed by atoms with Crippen LogP contribution in [0.4, 0.5) is 0 Å². The molecule has 2 aromatic carbocycles. The fourth-order valence-corrected chi connectivity index (χ4v) is 4.99. The maximum absolute atomic E-state index is 12.6. The van der Waals surface area contributed by atoms with Crippen LogP contribution in [0, 0.1) is 5.92 Å². The zero-order valence-electron chi connectivity index (χ0n) is 19.0. The van der Waals surface area contributed by atoms with Crippen molar-refractivity contribution in [2.75, 3.05) is 20.2 Å². The fraction of sp³-hybridized carbons (Fsp3) is 0.458. The van der Waals surface area contributed by atoms with E-state index in [4.69, 9.17) is 4.74 Å². The summed E-state index contributed by atoms with van der Waals surface area (Å²) in [5.74, 6) is 0.972. The standard InChI is InChI=1S/C24H33N3O4S/c1-18-12-14-27(15-13-18)17-21-7-5-4-6-20(21)16-25-24(28)19(2)26-32(29,30)23-10-8-22(31-3)9-11-23/h4-11,18-19,26H,12-17H2,1-3H3,(H,25,28)/t19-/m0/s1. The summed E-state index contributed by atoms with van der Waals surface area (Å²) in [4.78, 5) is 15.1. The van der Waals surface area contributed by atoms with Crippen molar-refractivity contribution in [1.29, 1.82) is 0 Å². The number of likely N-dealkylation sites (tertiary alicyclic amines) is 1. The monoisotopic (exact) mass is 459 g/mol. The van der Waals surface area contributed by atoms with E-state index < -0.39 is 16.1 Å². The van der Waals surface area contributed by atoms with Crippen LogP contribution in [-0.2, 0) is 27.9 Å². The lowest BCUT2D eigenvalue weighted by molar-refractivity contribution is -0.122. The van der Waals surface area contributed by atoms with Crippen LogP contribution >= 0.6 is 0 Å². The maximum atomic E-state index is 12.6. The van der Waals surface area contributed by atoms with E-state index in [1.54, 1.807) is 12.1 Å². The van der Waals surface area contributed by atoms with Crippen LogP contribution in [0.3, 0.4) is 0 Å². The van der Waals surface area contributed by atoms with Gasteiger partial charge in [0, 0.05) is 13.1 Å². The number of ether oxygens (including phenoxy) is 1. The summed E-state index contributed by atoms with van der Waals surface area (Å²) in [5.41, 5.74) is 2.23. The zero-order chi connectivity index (χ0) is 23.1. The van der Waals surface area contributed by atoms with E-state index in [9.17, 15) is 13.2 Å². The van der Waals surface area contributed by atoms with Gasteiger partial charge in [0.15, 0.2) is 0 Å². The molecule has 7 nitrogen and oxygen atoms in total. The first-order valence-electron chi connectivity index (χ1n) is 11.0. The summed E-state index contributed by atoms with van der Waals surface area (Å²) < 4.78 is 32.7. The molecule has 1 aliphatic heterocycles. The number of nitrogens with one attached hydrogen (secondary N) is 2. The largest absolute Gasteiger partial charge is 0.497 e. The van der Waals surface area contributed by atoms with Crippen LogP contribution in [0.5, 0.6) is 5.75 Å². The van der Waals surface area contributed by atoms with Crippen LogP contribution in [0.25, 0.3) is 0 Å². The van der Waals surface area contributed by atoms with Gasteiger partial charge in [0.25, 0.3) is 0 Å². The highest BCUT2D eigenvalue weighted by Gasteiger charge is 2.22. The van der Waals surface area contributed by atoms with Crippen LogP contribution in [0.2, 0.25) is 0 Å². The summed E-state index contributed by atoms with van der Waals surface area (Å²) in [7, 11) is -2.30. The first-order valence-corrected chi connectivity index (χ1v) is 12.5. The summed E-state index contributed by atoms with van der Waals surface area (Å²) in [6.45, 7) is 7.23. The Morgan fingerprint density at radius 2 is 1.72 bits per heavy atom. The predicted molar refractivity (Wildman–Crippen MR) is 125 cm³/mol. The molecule has 1 aliphatic rings. The molecule has 1 fully saturated rings. The number of nitrogens with zero attached hydrogens (tertiary/aromatic N) is 1. The lowest BCUT2D eigenvalue weighted by Gasteiger charge is -2.30. The van der Waals surface area contributed by atoms with Gasteiger partial charge in [-0.25, -0.2) is 8.42 Å². The Labute approximate surface area is 191 Å². The van der Waals surface area contributed by atoms with Gasteiger partial charge in [-0.15, -0.1) is 0 Å². The van der Waals surface area contributed by atoms with E-state index in [-0.39, 0.29) is 10.8 Å². The molecule has 0 saturated carbocycles. The smallest absolute Gasteiger partial charge is 0.241 e. The molecule has 174 valence electrons. The minimum atomic E-state index is -3.82. The number of hydrogen-bond donors (Lipinski definition) is 2. The van der Waals surface area contributed by atoms with Crippen molar-refractivity contribution in [3.8, 4) is 5.75 Å². The number of piperidine rings is 1. The summed E-state index contributed by atoms with van der Waals surface area (Å²) in [5, 5.41) is 2.87. The Hall–Kier alpha value is -2.42. The Morgan fingerprint density at radius 3 is 2.34 bits per heavy atom. The zero-order valence-corrected chi connectivity index (χ0v) is 19.8. The van der Waals surface area contributed by atoms with Gasteiger partial charge < -0.3 is 10.1 Å². The quantitative estimate of drug-likeness (QED) is 0.602. The molecule has 0 aromatic heterocycles. The predicted octanol–water partition coefficient (Wildman–Crippen LogP) is 2.91. The third kappa shape index (κ3) is 6.54. The average molecular weight is 460 g/mol. The molecule has 8 heteroatoms. The molecule has 3 rings (SSSR count). The molecule has 32 heavy (non-hydrogen) atoms. The highest BCUT2D eigenvalue weighted by molar-refractivity contribution is 7.89. The third-order valence-corrected chi connectivity index (χ3v) is 7.49. The average Bonchev–Trinajstić information content (AvgIpc) is 2.79.